The molecular weight excluding hydrogens is 473 g/mol. The third kappa shape index (κ3) is 5.37. The number of H-pyrrole nitrogens is 1. The molecule has 4 atom stereocenters. The second-order valence-corrected chi connectivity index (χ2v) is 10.7. The van der Waals surface area contributed by atoms with E-state index in [4.69, 9.17) is 9.72 Å². The van der Waals surface area contributed by atoms with Crippen LogP contribution >= 0.6 is 0 Å². The summed E-state index contributed by atoms with van der Waals surface area (Å²) in [6.45, 7) is 7.16. The summed E-state index contributed by atoms with van der Waals surface area (Å²) in [5, 5.41) is 3.01. The van der Waals surface area contributed by atoms with Crippen molar-refractivity contribution in [1.82, 2.24) is 25.1 Å². The Morgan fingerprint density at radius 3 is 2.70 bits per heavy atom. The molecule has 4 heterocycles. The van der Waals surface area contributed by atoms with Gasteiger partial charge in [-0.3, -0.25) is 14.6 Å². The first-order valence-corrected chi connectivity index (χ1v) is 13.6. The van der Waals surface area contributed by atoms with Gasteiger partial charge in [0.05, 0.1) is 24.4 Å². The molecule has 0 spiro atoms. The fourth-order valence-electron chi connectivity index (χ4n) is 6.91. The van der Waals surface area contributed by atoms with Crippen LogP contribution in [0.15, 0.2) is 24.3 Å². The maximum atomic E-state index is 13.9. The maximum Gasteiger partial charge on any atom is 0.410 e. The number of halogens is 1. The molecule has 1 aromatic heterocycles. The normalized spacial score (nSPS) is 26.0. The predicted octanol–water partition coefficient (Wildman–Crippen LogP) is 4.42. The molecule has 2 saturated heterocycles. The number of carbonyl (C=O) groups excluding carboxylic acids is 2. The van der Waals surface area contributed by atoms with Crippen molar-refractivity contribution in [3.8, 4) is 0 Å². The van der Waals surface area contributed by atoms with E-state index in [1.807, 2.05) is 24.8 Å². The van der Waals surface area contributed by atoms with Gasteiger partial charge in [0.15, 0.2) is 0 Å². The number of aromatic nitrogens is 2. The Balaban J connectivity index is 1.31. The zero-order valence-corrected chi connectivity index (χ0v) is 22.0. The van der Waals surface area contributed by atoms with Gasteiger partial charge in [-0.05, 0) is 69.6 Å². The summed E-state index contributed by atoms with van der Waals surface area (Å²) in [4.78, 5) is 37.5. The Bertz CT molecular complexity index is 1120. The molecule has 3 aliphatic heterocycles. The molecule has 37 heavy (non-hydrogen) atoms. The van der Waals surface area contributed by atoms with Crippen LogP contribution in [0.5, 0.6) is 0 Å². The molecule has 9 heteroatoms. The van der Waals surface area contributed by atoms with Gasteiger partial charge >= 0.3 is 6.09 Å². The van der Waals surface area contributed by atoms with Gasteiger partial charge in [0, 0.05) is 44.2 Å². The number of benzene rings is 1. The molecule has 8 nitrogen and oxygen atoms in total. The lowest BCUT2D eigenvalue weighted by atomic mass is 9.80. The fourth-order valence-corrected chi connectivity index (χ4v) is 6.91. The SMILES string of the molecule is CCOC(=O)N1CCc2[nH]c(C)nc2C1C1CC2CCC(C1)N2CC[C@H](NC(C)=O)c1cccc(F)c1. The van der Waals surface area contributed by atoms with Gasteiger partial charge in [0.2, 0.25) is 5.91 Å². The largest absolute Gasteiger partial charge is 0.450 e. The number of nitrogens with one attached hydrogen (secondary N) is 2. The van der Waals surface area contributed by atoms with E-state index >= 15 is 0 Å². The van der Waals surface area contributed by atoms with E-state index in [1.165, 1.54) is 19.1 Å². The highest BCUT2D eigenvalue weighted by molar-refractivity contribution is 5.73. The Hall–Kier alpha value is -2.94. The molecule has 200 valence electrons. The highest BCUT2D eigenvalue weighted by Gasteiger charge is 2.47. The van der Waals surface area contributed by atoms with Crippen LogP contribution in [0.4, 0.5) is 9.18 Å². The Kier molecular flexibility index (Phi) is 7.51. The van der Waals surface area contributed by atoms with Gasteiger partial charge in [-0.25, -0.2) is 14.2 Å². The van der Waals surface area contributed by atoms with E-state index < -0.39 is 0 Å². The fraction of sp³-hybridized carbons (Fsp3) is 0.607. The van der Waals surface area contributed by atoms with Crippen LogP contribution in [0.2, 0.25) is 0 Å². The molecular formula is C28H38FN5O3. The minimum Gasteiger partial charge on any atom is -0.450 e. The summed E-state index contributed by atoms with van der Waals surface area (Å²) >= 11 is 0. The molecule has 0 aliphatic carbocycles. The first kappa shape index (κ1) is 25.7. The first-order chi connectivity index (χ1) is 17.8. The smallest absolute Gasteiger partial charge is 0.410 e. The standard InChI is InChI=1S/C28H38FN5O3/c1-4-37-28(36)34-13-11-25-26(31-17(2)30-25)27(34)20-15-22-8-9-23(16-20)33(22)12-10-24(32-18(3)35)19-6-5-7-21(29)14-19/h5-7,14,20,22-24,27H,4,8-13,15-16H2,1-3H3,(H,30,31)(H,32,35)/t20?,22?,23?,24-,27?/m0/s1. The number of rotatable bonds is 7. The lowest BCUT2D eigenvalue weighted by Crippen LogP contribution is -2.50. The van der Waals surface area contributed by atoms with Crippen molar-refractivity contribution in [2.45, 2.75) is 83.5 Å². The number of aromatic amines is 1. The summed E-state index contributed by atoms with van der Waals surface area (Å²) in [6.07, 6.45) is 5.49. The Labute approximate surface area is 218 Å². The van der Waals surface area contributed by atoms with Crippen LogP contribution in [-0.4, -0.2) is 63.5 Å². The number of ether oxygens (including phenoxy) is 1. The highest BCUT2D eigenvalue weighted by Crippen LogP contribution is 2.47. The Morgan fingerprint density at radius 1 is 1.27 bits per heavy atom. The Morgan fingerprint density at radius 2 is 2.03 bits per heavy atom. The van der Waals surface area contributed by atoms with Crippen LogP contribution < -0.4 is 5.32 Å². The average molecular weight is 512 g/mol. The van der Waals surface area contributed by atoms with Gasteiger partial charge in [0.25, 0.3) is 0 Å². The molecule has 2 bridgehead atoms. The zero-order chi connectivity index (χ0) is 26.1. The highest BCUT2D eigenvalue weighted by atomic mass is 19.1. The van der Waals surface area contributed by atoms with Crippen molar-refractivity contribution in [3.05, 3.63) is 52.9 Å². The molecule has 0 saturated carbocycles. The van der Waals surface area contributed by atoms with Crippen molar-refractivity contribution in [2.75, 3.05) is 19.7 Å². The van der Waals surface area contributed by atoms with Crippen molar-refractivity contribution in [3.63, 3.8) is 0 Å². The van der Waals surface area contributed by atoms with Crippen LogP contribution in [0, 0.1) is 18.7 Å². The molecule has 2 aromatic rings. The van der Waals surface area contributed by atoms with E-state index in [0.717, 1.165) is 67.8 Å². The maximum absolute atomic E-state index is 13.9. The minimum absolute atomic E-state index is 0.0718. The number of imidazole rings is 1. The quantitative estimate of drug-likeness (QED) is 0.574. The van der Waals surface area contributed by atoms with E-state index in [1.54, 1.807) is 6.07 Å². The molecule has 3 unspecified atom stereocenters. The summed E-state index contributed by atoms with van der Waals surface area (Å²) in [5.74, 6) is 0.800. The van der Waals surface area contributed by atoms with Gasteiger partial charge in [0.1, 0.15) is 11.6 Å². The van der Waals surface area contributed by atoms with E-state index in [-0.39, 0.29) is 29.9 Å². The summed E-state index contributed by atoms with van der Waals surface area (Å²) in [5.41, 5.74) is 2.95. The van der Waals surface area contributed by atoms with Crippen LogP contribution in [0.3, 0.4) is 0 Å². The average Bonchev–Trinajstić information content (AvgIpc) is 3.35. The first-order valence-electron chi connectivity index (χ1n) is 13.6. The van der Waals surface area contributed by atoms with Crippen molar-refractivity contribution < 1.29 is 18.7 Å². The van der Waals surface area contributed by atoms with Crippen molar-refractivity contribution in [2.24, 2.45) is 5.92 Å². The minimum atomic E-state index is -0.291. The van der Waals surface area contributed by atoms with Crippen LogP contribution in [-0.2, 0) is 16.0 Å². The number of nitrogens with zero attached hydrogens (tertiary/aromatic N) is 3. The number of hydrogen-bond donors (Lipinski definition) is 2. The molecule has 3 aliphatic rings. The lowest BCUT2D eigenvalue weighted by molar-refractivity contribution is -0.119. The number of amides is 2. The summed E-state index contributed by atoms with van der Waals surface area (Å²) < 4.78 is 19.3. The predicted molar refractivity (Wildman–Crippen MR) is 137 cm³/mol. The molecule has 2 amide bonds. The van der Waals surface area contributed by atoms with Gasteiger partial charge in [-0.2, -0.15) is 0 Å². The number of hydrogen-bond acceptors (Lipinski definition) is 5. The molecule has 0 radical (unpaired) electrons. The van der Waals surface area contributed by atoms with Crippen molar-refractivity contribution >= 4 is 12.0 Å². The number of piperidine rings is 1. The summed E-state index contributed by atoms with van der Waals surface area (Å²) in [7, 11) is 0. The van der Waals surface area contributed by atoms with E-state index in [0.29, 0.717) is 31.2 Å². The molecule has 2 fully saturated rings. The third-order valence-electron chi connectivity index (χ3n) is 8.32. The van der Waals surface area contributed by atoms with Gasteiger partial charge in [-0.15, -0.1) is 0 Å². The number of carbonyl (C=O) groups is 2. The zero-order valence-electron chi connectivity index (χ0n) is 22.0. The van der Waals surface area contributed by atoms with Gasteiger partial charge in [-0.1, -0.05) is 12.1 Å². The van der Waals surface area contributed by atoms with Crippen LogP contribution in [0.1, 0.15) is 80.8 Å². The summed E-state index contributed by atoms with van der Waals surface area (Å²) in [6, 6.07) is 7.05. The number of fused-ring (bicyclic) bond motifs is 3. The topological polar surface area (TPSA) is 90.6 Å². The molecule has 5 rings (SSSR count). The third-order valence-corrected chi connectivity index (χ3v) is 8.32. The van der Waals surface area contributed by atoms with Gasteiger partial charge < -0.3 is 15.0 Å². The van der Waals surface area contributed by atoms with Crippen LogP contribution in [0.25, 0.3) is 0 Å². The molecule has 2 N–H and O–H groups in total. The van der Waals surface area contributed by atoms with E-state index in [2.05, 4.69) is 15.2 Å². The van der Waals surface area contributed by atoms with E-state index in [9.17, 15) is 14.0 Å². The lowest BCUT2D eigenvalue weighted by Gasteiger charge is -2.45. The van der Waals surface area contributed by atoms with Crippen molar-refractivity contribution in [1.29, 1.82) is 0 Å². The number of aryl methyl sites for hydroxylation is 1. The monoisotopic (exact) mass is 511 g/mol. The second-order valence-electron chi connectivity index (χ2n) is 10.7. The second kappa shape index (κ2) is 10.8. The molecule has 1 aromatic carbocycles.